The van der Waals surface area contributed by atoms with Crippen molar-refractivity contribution in [3.05, 3.63) is 0 Å². The molecule has 0 atom stereocenters. The summed E-state index contributed by atoms with van der Waals surface area (Å²) in [5.41, 5.74) is 0. The predicted octanol–water partition coefficient (Wildman–Crippen LogP) is 5.78. The summed E-state index contributed by atoms with van der Waals surface area (Å²) < 4.78 is 5.78. The van der Waals surface area contributed by atoms with E-state index < -0.39 is 0 Å². The molecule has 2 saturated carbocycles. The largest absolute Gasteiger partial charge is 0.462 e. The zero-order chi connectivity index (χ0) is 17.2. The number of hydrogen-bond donors (Lipinski definition) is 0. The Kier molecular flexibility index (Phi) is 8.64. The molecule has 0 radical (unpaired) electrons. The summed E-state index contributed by atoms with van der Waals surface area (Å²) in [6.07, 6.45) is 16.3. The van der Waals surface area contributed by atoms with E-state index >= 15 is 0 Å². The van der Waals surface area contributed by atoms with Crippen LogP contribution in [0.5, 0.6) is 0 Å². The molecule has 2 aliphatic rings. The van der Waals surface area contributed by atoms with Gasteiger partial charge in [-0.1, -0.05) is 45.4 Å². The van der Waals surface area contributed by atoms with Crippen molar-refractivity contribution in [1.29, 1.82) is 5.26 Å². The molecule has 0 aromatic rings. The second kappa shape index (κ2) is 10.7. The van der Waals surface area contributed by atoms with Gasteiger partial charge in [0, 0.05) is 5.92 Å². The Hall–Kier alpha value is -1.04. The fourth-order valence-corrected chi connectivity index (χ4v) is 4.29. The Bertz CT molecular complexity index is 399. The second-order valence-corrected chi connectivity index (χ2v) is 7.96. The van der Waals surface area contributed by atoms with Crippen molar-refractivity contribution in [3.8, 4) is 6.07 Å². The van der Waals surface area contributed by atoms with Crippen LogP contribution in [-0.4, -0.2) is 12.1 Å². The van der Waals surface area contributed by atoms with Gasteiger partial charge in [-0.05, 0) is 57.3 Å². The van der Waals surface area contributed by atoms with E-state index in [2.05, 4.69) is 13.0 Å². The van der Waals surface area contributed by atoms with E-state index in [-0.39, 0.29) is 23.9 Å². The van der Waals surface area contributed by atoms with Gasteiger partial charge < -0.3 is 4.74 Å². The lowest BCUT2D eigenvalue weighted by molar-refractivity contribution is -0.157. The van der Waals surface area contributed by atoms with E-state index in [1.807, 2.05) is 0 Å². The summed E-state index contributed by atoms with van der Waals surface area (Å²) in [6.45, 7) is 2.26. The van der Waals surface area contributed by atoms with Gasteiger partial charge in [-0.25, -0.2) is 0 Å². The van der Waals surface area contributed by atoms with Gasteiger partial charge in [0.15, 0.2) is 0 Å². The summed E-state index contributed by atoms with van der Waals surface area (Å²) in [5.74, 6) is 1.06. The van der Waals surface area contributed by atoms with Gasteiger partial charge in [-0.2, -0.15) is 5.26 Å². The number of carbonyl (C=O) groups is 1. The topological polar surface area (TPSA) is 50.1 Å². The molecule has 2 aliphatic carbocycles. The van der Waals surface area contributed by atoms with Crippen LogP contribution in [-0.2, 0) is 9.53 Å². The molecule has 136 valence electrons. The van der Waals surface area contributed by atoms with Gasteiger partial charge in [-0.15, -0.1) is 0 Å². The van der Waals surface area contributed by atoms with Crippen LogP contribution in [0.2, 0.25) is 0 Å². The summed E-state index contributed by atoms with van der Waals surface area (Å²) in [6, 6.07) is 2.33. The maximum atomic E-state index is 12.3. The highest BCUT2D eigenvalue weighted by Gasteiger charge is 2.30. The summed E-state index contributed by atoms with van der Waals surface area (Å²) in [4.78, 5) is 12.3. The molecule has 2 rings (SSSR count). The van der Waals surface area contributed by atoms with E-state index in [1.165, 1.54) is 51.4 Å². The number of nitrogens with zero attached hydrogens (tertiary/aromatic N) is 1. The van der Waals surface area contributed by atoms with Crippen molar-refractivity contribution in [1.82, 2.24) is 0 Å². The van der Waals surface area contributed by atoms with Crippen molar-refractivity contribution < 1.29 is 9.53 Å². The molecule has 0 unspecified atom stereocenters. The number of unbranched alkanes of at least 4 members (excludes halogenated alkanes) is 4. The molecule has 0 aromatic heterocycles. The minimum atomic E-state index is 0.00871. The molecular formula is C21H35NO2. The first-order valence-corrected chi connectivity index (χ1v) is 10.3. The molecule has 0 saturated heterocycles. The quantitative estimate of drug-likeness (QED) is 0.418. The van der Waals surface area contributed by atoms with Gasteiger partial charge in [0.25, 0.3) is 0 Å². The highest BCUT2D eigenvalue weighted by Crippen LogP contribution is 2.33. The molecule has 3 nitrogen and oxygen atoms in total. The average Bonchev–Trinajstić information content (AvgIpc) is 2.63. The van der Waals surface area contributed by atoms with Crippen LogP contribution in [0.4, 0.5) is 0 Å². The third-order valence-electron chi connectivity index (χ3n) is 6.04. The zero-order valence-corrected chi connectivity index (χ0v) is 15.5. The maximum Gasteiger partial charge on any atom is 0.309 e. The Morgan fingerprint density at radius 3 is 2.25 bits per heavy atom. The Morgan fingerprint density at radius 1 is 0.958 bits per heavy atom. The number of esters is 1. The van der Waals surface area contributed by atoms with Gasteiger partial charge in [-0.3, -0.25) is 4.79 Å². The normalized spacial score (nSPS) is 30.5. The lowest BCUT2D eigenvalue weighted by atomic mass is 9.82. The van der Waals surface area contributed by atoms with Gasteiger partial charge >= 0.3 is 5.97 Å². The monoisotopic (exact) mass is 333 g/mol. The number of rotatable bonds is 8. The SMILES string of the molecule is CCCCCCC[C@H]1CC[C@H](OC(=O)[C@H]2CC[C@H](C#N)CC2)CC1. The minimum Gasteiger partial charge on any atom is -0.462 e. The molecule has 2 fully saturated rings. The molecule has 0 spiro atoms. The summed E-state index contributed by atoms with van der Waals surface area (Å²) in [5, 5.41) is 8.94. The van der Waals surface area contributed by atoms with Crippen molar-refractivity contribution in [2.24, 2.45) is 17.8 Å². The highest BCUT2D eigenvalue weighted by molar-refractivity contribution is 5.72. The number of hydrogen-bond acceptors (Lipinski definition) is 3. The van der Waals surface area contributed by atoms with Crippen LogP contribution >= 0.6 is 0 Å². The van der Waals surface area contributed by atoms with E-state index in [9.17, 15) is 4.79 Å². The lowest BCUT2D eigenvalue weighted by Crippen LogP contribution is -2.30. The van der Waals surface area contributed by atoms with E-state index in [0.29, 0.717) is 0 Å². The van der Waals surface area contributed by atoms with Crippen LogP contribution in [0.15, 0.2) is 0 Å². The van der Waals surface area contributed by atoms with E-state index in [1.54, 1.807) is 0 Å². The lowest BCUT2D eigenvalue weighted by Gasteiger charge is -2.30. The zero-order valence-electron chi connectivity index (χ0n) is 15.5. The van der Waals surface area contributed by atoms with Crippen LogP contribution in [0, 0.1) is 29.1 Å². The van der Waals surface area contributed by atoms with Crippen LogP contribution in [0.1, 0.15) is 96.8 Å². The number of carbonyl (C=O) groups excluding carboxylic acids is 1. The first kappa shape index (κ1) is 19.3. The van der Waals surface area contributed by atoms with Crippen LogP contribution in [0.3, 0.4) is 0 Å². The summed E-state index contributed by atoms with van der Waals surface area (Å²) in [7, 11) is 0. The molecular weight excluding hydrogens is 298 g/mol. The van der Waals surface area contributed by atoms with Crippen LogP contribution in [0.25, 0.3) is 0 Å². The predicted molar refractivity (Wildman–Crippen MR) is 96.3 cm³/mol. The molecule has 0 aromatic carbocycles. The smallest absolute Gasteiger partial charge is 0.309 e. The molecule has 3 heteroatoms. The first-order chi connectivity index (χ1) is 11.7. The molecule has 24 heavy (non-hydrogen) atoms. The Labute approximate surface area is 148 Å². The van der Waals surface area contributed by atoms with Gasteiger partial charge in [0.05, 0.1) is 12.0 Å². The third kappa shape index (κ3) is 6.46. The fourth-order valence-electron chi connectivity index (χ4n) is 4.29. The number of nitriles is 1. The molecule has 0 N–H and O–H groups in total. The third-order valence-corrected chi connectivity index (χ3v) is 6.04. The molecule has 0 amide bonds. The fraction of sp³-hybridized carbons (Fsp3) is 0.905. The molecule has 0 heterocycles. The number of ether oxygens (including phenoxy) is 1. The standard InChI is InChI=1S/C21H35NO2/c1-2-3-4-5-6-7-17-10-14-20(15-11-17)24-21(23)19-12-8-18(16-22)9-13-19/h17-20H,2-15H2,1H3/t17-,18-,19-,20-. The van der Waals surface area contributed by atoms with Crippen molar-refractivity contribution in [2.75, 3.05) is 0 Å². The minimum absolute atomic E-state index is 0.00871. The summed E-state index contributed by atoms with van der Waals surface area (Å²) >= 11 is 0. The van der Waals surface area contributed by atoms with E-state index in [4.69, 9.17) is 10.00 Å². The maximum absolute atomic E-state index is 12.3. The second-order valence-electron chi connectivity index (χ2n) is 7.96. The van der Waals surface area contributed by atoms with E-state index in [0.717, 1.165) is 44.4 Å². The van der Waals surface area contributed by atoms with Crippen LogP contribution < -0.4 is 0 Å². The Morgan fingerprint density at radius 2 is 1.62 bits per heavy atom. The Balaban J connectivity index is 1.57. The van der Waals surface area contributed by atoms with Crippen molar-refractivity contribution >= 4 is 5.97 Å². The van der Waals surface area contributed by atoms with Gasteiger partial charge in [0.1, 0.15) is 6.10 Å². The van der Waals surface area contributed by atoms with Gasteiger partial charge in [0.2, 0.25) is 0 Å². The highest BCUT2D eigenvalue weighted by atomic mass is 16.5. The molecule has 0 aliphatic heterocycles. The average molecular weight is 334 g/mol. The van der Waals surface area contributed by atoms with Crippen molar-refractivity contribution in [3.63, 3.8) is 0 Å². The first-order valence-electron chi connectivity index (χ1n) is 10.3. The van der Waals surface area contributed by atoms with Crippen molar-refractivity contribution in [2.45, 2.75) is 103 Å². The molecule has 0 bridgehead atoms.